The molecule has 0 spiro atoms. The second kappa shape index (κ2) is 5.82. The van der Waals surface area contributed by atoms with Gasteiger partial charge in [-0.3, -0.25) is 15.1 Å². The predicted octanol–water partition coefficient (Wildman–Crippen LogP) is 5.01. The van der Waals surface area contributed by atoms with Gasteiger partial charge in [0, 0.05) is 11.6 Å². The minimum atomic E-state index is -0.213. The molecule has 0 fully saturated rings. The third-order valence-corrected chi connectivity index (χ3v) is 5.98. The van der Waals surface area contributed by atoms with Gasteiger partial charge in [-0.2, -0.15) is 0 Å². The third-order valence-electron chi connectivity index (χ3n) is 4.23. The van der Waals surface area contributed by atoms with Crippen molar-refractivity contribution in [3.05, 3.63) is 59.2 Å². The van der Waals surface area contributed by atoms with Crippen molar-refractivity contribution >= 4 is 65.0 Å². The number of benzene rings is 2. The summed E-state index contributed by atoms with van der Waals surface area (Å²) in [4.78, 5) is 26.0. The Morgan fingerprint density at radius 3 is 2.92 bits per heavy atom. The first-order valence-corrected chi connectivity index (χ1v) is 9.68. The van der Waals surface area contributed by atoms with Crippen molar-refractivity contribution in [1.82, 2.24) is 15.0 Å². The molecule has 5 aromatic rings. The molecule has 0 aliphatic rings. The summed E-state index contributed by atoms with van der Waals surface area (Å²) in [5.74, 6) is -0.213. The molecule has 5 rings (SSSR count). The van der Waals surface area contributed by atoms with Crippen LogP contribution in [0.5, 0.6) is 0 Å². The number of amides is 1. The van der Waals surface area contributed by atoms with E-state index in [0.717, 1.165) is 36.9 Å². The van der Waals surface area contributed by atoms with Gasteiger partial charge in [-0.05, 0) is 30.7 Å². The number of pyridine rings is 1. The topological polar surface area (TPSA) is 67.8 Å². The largest absolute Gasteiger partial charge is 0.298 e. The van der Waals surface area contributed by atoms with Crippen LogP contribution in [-0.4, -0.2) is 20.9 Å². The maximum Gasteiger partial charge on any atom is 0.259 e. The number of carbonyl (C=O) groups excluding carboxylic acids is 1. The zero-order chi connectivity index (χ0) is 17.7. The van der Waals surface area contributed by atoms with Gasteiger partial charge in [0.15, 0.2) is 5.13 Å². The molecule has 0 saturated heterocycles. The van der Waals surface area contributed by atoms with Gasteiger partial charge in [-0.25, -0.2) is 9.97 Å². The van der Waals surface area contributed by atoms with Gasteiger partial charge in [0.1, 0.15) is 5.52 Å². The van der Waals surface area contributed by atoms with Gasteiger partial charge in [0.05, 0.1) is 31.5 Å². The fourth-order valence-electron chi connectivity index (χ4n) is 2.96. The van der Waals surface area contributed by atoms with E-state index in [9.17, 15) is 4.79 Å². The van der Waals surface area contributed by atoms with E-state index in [1.807, 2.05) is 42.8 Å². The highest BCUT2D eigenvalue weighted by molar-refractivity contribution is 7.24. The summed E-state index contributed by atoms with van der Waals surface area (Å²) in [5.41, 5.74) is 6.13. The van der Waals surface area contributed by atoms with Crippen LogP contribution in [0.25, 0.3) is 31.3 Å². The molecule has 0 saturated carbocycles. The first kappa shape index (κ1) is 15.4. The Morgan fingerprint density at radius 1 is 1.12 bits per heavy atom. The molecule has 0 bridgehead atoms. The van der Waals surface area contributed by atoms with Crippen LogP contribution in [0, 0.1) is 6.92 Å². The Labute approximate surface area is 156 Å². The van der Waals surface area contributed by atoms with Crippen LogP contribution in [-0.2, 0) is 0 Å². The average molecular weight is 376 g/mol. The summed E-state index contributed by atoms with van der Waals surface area (Å²) < 4.78 is 2.14. The number of carbonyl (C=O) groups is 1. The van der Waals surface area contributed by atoms with Crippen LogP contribution in [0.4, 0.5) is 5.13 Å². The van der Waals surface area contributed by atoms with Gasteiger partial charge in [0.25, 0.3) is 5.91 Å². The normalized spacial score (nSPS) is 11.4. The third kappa shape index (κ3) is 2.44. The zero-order valence-corrected chi connectivity index (χ0v) is 15.3. The first-order chi connectivity index (χ1) is 12.7. The molecule has 0 aliphatic heterocycles. The van der Waals surface area contributed by atoms with E-state index in [1.165, 1.54) is 11.3 Å². The summed E-state index contributed by atoms with van der Waals surface area (Å²) in [5, 5.41) is 4.41. The van der Waals surface area contributed by atoms with Crippen molar-refractivity contribution in [2.24, 2.45) is 0 Å². The van der Waals surface area contributed by atoms with Crippen molar-refractivity contribution in [2.75, 3.05) is 5.32 Å². The molecule has 126 valence electrons. The number of nitrogens with one attached hydrogen (secondary N) is 1. The number of aromatic nitrogens is 3. The average Bonchev–Trinajstić information content (AvgIpc) is 3.28. The van der Waals surface area contributed by atoms with Crippen LogP contribution in [0.2, 0.25) is 0 Å². The maximum atomic E-state index is 12.6. The molecule has 0 radical (unpaired) electrons. The van der Waals surface area contributed by atoms with Crippen molar-refractivity contribution in [3.63, 3.8) is 0 Å². The maximum absolute atomic E-state index is 12.6. The Morgan fingerprint density at radius 2 is 2.00 bits per heavy atom. The van der Waals surface area contributed by atoms with Gasteiger partial charge < -0.3 is 0 Å². The second-order valence-corrected chi connectivity index (χ2v) is 7.85. The van der Waals surface area contributed by atoms with Crippen molar-refractivity contribution in [1.29, 1.82) is 0 Å². The number of rotatable bonds is 2. The molecule has 26 heavy (non-hydrogen) atoms. The van der Waals surface area contributed by atoms with E-state index >= 15 is 0 Å². The molecule has 7 heteroatoms. The second-order valence-electron chi connectivity index (χ2n) is 5.96. The molecule has 3 aromatic heterocycles. The van der Waals surface area contributed by atoms with Crippen molar-refractivity contribution in [2.45, 2.75) is 6.92 Å². The lowest BCUT2D eigenvalue weighted by atomic mass is 10.1. The smallest absolute Gasteiger partial charge is 0.259 e. The number of para-hydroxylation sites is 1. The van der Waals surface area contributed by atoms with Crippen LogP contribution in [0.15, 0.2) is 48.1 Å². The van der Waals surface area contributed by atoms with Gasteiger partial charge in [-0.15, -0.1) is 11.3 Å². The highest BCUT2D eigenvalue weighted by Crippen LogP contribution is 2.35. The number of fused-ring (bicyclic) bond motifs is 4. The van der Waals surface area contributed by atoms with E-state index in [1.54, 1.807) is 17.5 Å². The summed E-state index contributed by atoms with van der Waals surface area (Å²) in [6, 6.07) is 11.7. The Bertz CT molecular complexity index is 1310. The van der Waals surface area contributed by atoms with E-state index in [4.69, 9.17) is 0 Å². The molecule has 0 aliphatic carbocycles. The Kier molecular flexibility index (Phi) is 3.44. The Hall–Kier alpha value is -2.90. The van der Waals surface area contributed by atoms with E-state index in [-0.39, 0.29) is 5.91 Å². The van der Waals surface area contributed by atoms with Crippen LogP contribution < -0.4 is 5.32 Å². The number of nitrogens with zero attached hydrogens (tertiary/aromatic N) is 3. The quantitative estimate of drug-likeness (QED) is 0.470. The molecule has 0 unspecified atom stereocenters. The first-order valence-electron chi connectivity index (χ1n) is 7.98. The lowest BCUT2D eigenvalue weighted by Crippen LogP contribution is -2.11. The number of thiazole rings is 2. The summed E-state index contributed by atoms with van der Waals surface area (Å²) in [6.45, 7) is 2.03. The minimum absolute atomic E-state index is 0.213. The molecule has 1 amide bonds. The summed E-state index contributed by atoms with van der Waals surface area (Å²) in [7, 11) is 0. The highest BCUT2D eigenvalue weighted by Gasteiger charge is 2.15. The van der Waals surface area contributed by atoms with Crippen LogP contribution in [0.1, 0.15) is 15.9 Å². The monoisotopic (exact) mass is 376 g/mol. The van der Waals surface area contributed by atoms with Crippen LogP contribution >= 0.6 is 22.7 Å². The highest BCUT2D eigenvalue weighted by atomic mass is 32.1. The number of hydrogen-bond donors (Lipinski definition) is 1. The lowest BCUT2D eigenvalue weighted by Gasteiger charge is -2.03. The lowest BCUT2D eigenvalue weighted by molar-refractivity contribution is 0.102. The van der Waals surface area contributed by atoms with Crippen molar-refractivity contribution in [3.8, 4) is 0 Å². The molecule has 1 N–H and O–H groups in total. The van der Waals surface area contributed by atoms with E-state index < -0.39 is 0 Å². The molecule has 3 heterocycles. The summed E-state index contributed by atoms with van der Waals surface area (Å²) >= 11 is 3.06. The van der Waals surface area contributed by atoms with E-state index in [0.29, 0.717) is 10.7 Å². The van der Waals surface area contributed by atoms with Gasteiger partial charge in [-0.1, -0.05) is 29.5 Å². The van der Waals surface area contributed by atoms with Gasteiger partial charge in [0.2, 0.25) is 0 Å². The Balaban J connectivity index is 1.53. The number of anilines is 1. The number of hydrogen-bond acceptors (Lipinski definition) is 6. The SMILES string of the molecule is Cc1cc2scnc2c2sc(NC(=O)c3cnc4ccccc4c3)nc12. The number of aryl methyl sites for hydroxylation is 1. The van der Waals surface area contributed by atoms with Crippen LogP contribution in [0.3, 0.4) is 0 Å². The fourth-order valence-corrected chi connectivity index (χ4v) is 4.84. The molecular weight excluding hydrogens is 364 g/mol. The zero-order valence-electron chi connectivity index (χ0n) is 13.7. The predicted molar refractivity (Wildman–Crippen MR) is 107 cm³/mol. The fraction of sp³-hybridized carbons (Fsp3) is 0.0526. The van der Waals surface area contributed by atoms with E-state index in [2.05, 4.69) is 26.3 Å². The molecular formula is C19H12N4OS2. The molecule has 5 nitrogen and oxygen atoms in total. The molecule has 2 aromatic carbocycles. The standard InChI is InChI=1S/C19H12N4OS2/c1-10-6-14-16(21-9-25-14)17-15(10)22-19(26-17)23-18(24)12-7-11-4-2-3-5-13(11)20-8-12/h2-9H,1H3,(H,22,23,24). The molecule has 0 atom stereocenters. The summed E-state index contributed by atoms with van der Waals surface area (Å²) in [6.07, 6.45) is 1.59. The minimum Gasteiger partial charge on any atom is -0.298 e. The van der Waals surface area contributed by atoms with Gasteiger partial charge >= 0.3 is 0 Å². The van der Waals surface area contributed by atoms with Crippen molar-refractivity contribution < 1.29 is 4.79 Å².